The Morgan fingerprint density at radius 2 is 1.86 bits per heavy atom. The Morgan fingerprint density at radius 1 is 1.11 bits per heavy atom. The van der Waals surface area contributed by atoms with E-state index in [9.17, 15) is 22.8 Å². The third-order valence-electron chi connectivity index (χ3n) is 8.13. The molecule has 1 aliphatic heterocycles. The van der Waals surface area contributed by atoms with Crippen molar-refractivity contribution in [3.63, 3.8) is 0 Å². The monoisotopic (exact) mass is 487 g/mol. The molecule has 3 aromatic heterocycles. The van der Waals surface area contributed by atoms with E-state index in [1.54, 1.807) is 26.2 Å². The Balaban J connectivity index is 1.42. The van der Waals surface area contributed by atoms with Crippen LogP contribution in [-0.4, -0.2) is 37.3 Å². The summed E-state index contributed by atoms with van der Waals surface area (Å²) in [7, 11) is 1.60. The van der Waals surface area contributed by atoms with Crippen molar-refractivity contribution >= 4 is 11.0 Å². The Hall–Kier alpha value is -3.08. The van der Waals surface area contributed by atoms with Gasteiger partial charge in [-0.25, -0.2) is 15.0 Å². The van der Waals surface area contributed by atoms with Crippen molar-refractivity contribution in [3.8, 4) is 0 Å². The molecule has 0 spiro atoms. The van der Waals surface area contributed by atoms with Gasteiger partial charge in [0.1, 0.15) is 17.2 Å². The molecule has 4 aliphatic rings. The van der Waals surface area contributed by atoms with Gasteiger partial charge in [0.15, 0.2) is 5.52 Å². The van der Waals surface area contributed by atoms with Crippen molar-refractivity contribution in [2.24, 2.45) is 12.5 Å². The van der Waals surface area contributed by atoms with Crippen LogP contribution in [0.2, 0.25) is 0 Å². The lowest BCUT2D eigenvalue weighted by Crippen LogP contribution is -2.70. The van der Waals surface area contributed by atoms with Crippen molar-refractivity contribution in [1.29, 1.82) is 0 Å². The topological polar surface area (TPSA) is 103 Å². The first kappa shape index (κ1) is 22.4. The number of halogens is 3. The van der Waals surface area contributed by atoms with Crippen LogP contribution < -0.4 is 11.1 Å². The lowest BCUT2D eigenvalue weighted by molar-refractivity contribution is -0.337. The van der Waals surface area contributed by atoms with Crippen LogP contribution in [-0.2, 0) is 17.2 Å². The second-order valence-electron chi connectivity index (χ2n) is 10.3. The van der Waals surface area contributed by atoms with E-state index in [4.69, 9.17) is 9.72 Å². The molecule has 0 aromatic carbocycles. The molecule has 184 valence electrons. The SMILES string of the molecule is Cc1nc2c(C34CC(C(F)(F)F)(C3)C4)nc(C3CCOC(c4ccc(=O)[nH]c4)C3)nc2c(=O)n1C. The summed E-state index contributed by atoms with van der Waals surface area (Å²) in [6.45, 7) is 2.11. The Labute approximate surface area is 197 Å². The lowest BCUT2D eigenvalue weighted by Gasteiger charge is -2.70. The average Bonchev–Trinajstić information content (AvgIpc) is 2.76. The second kappa shape index (κ2) is 7.22. The molecular formula is C24H24F3N5O3. The summed E-state index contributed by atoms with van der Waals surface area (Å²) >= 11 is 0. The Kier molecular flexibility index (Phi) is 4.62. The number of nitrogens with zero attached hydrogens (tertiary/aromatic N) is 4. The van der Waals surface area contributed by atoms with Gasteiger partial charge in [-0.2, -0.15) is 13.2 Å². The summed E-state index contributed by atoms with van der Waals surface area (Å²) in [6, 6.07) is 3.14. The molecule has 1 N–H and O–H groups in total. The van der Waals surface area contributed by atoms with E-state index in [0.29, 0.717) is 42.3 Å². The maximum Gasteiger partial charge on any atom is 0.394 e. The fraction of sp³-hybridized carbons (Fsp3) is 0.542. The molecule has 7 rings (SSSR count). The quantitative estimate of drug-likeness (QED) is 0.608. The maximum absolute atomic E-state index is 13.6. The van der Waals surface area contributed by atoms with Gasteiger partial charge in [0.2, 0.25) is 5.56 Å². The number of aryl methyl sites for hydroxylation is 1. The molecule has 35 heavy (non-hydrogen) atoms. The molecule has 3 saturated carbocycles. The number of H-pyrrole nitrogens is 1. The smallest absolute Gasteiger partial charge is 0.373 e. The lowest BCUT2D eigenvalue weighted by atomic mass is 9.34. The second-order valence-corrected chi connectivity index (χ2v) is 10.3. The molecule has 3 aliphatic carbocycles. The van der Waals surface area contributed by atoms with E-state index in [2.05, 4.69) is 15.0 Å². The molecule has 0 amide bonds. The maximum atomic E-state index is 13.6. The highest BCUT2D eigenvalue weighted by molar-refractivity contribution is 5.78. The number of hydrogen-bond acceptors (Lipinski definition) is 6. The van der Waals surface area contributed by atoms with Crippen LogP contribution in [0.1, 0.15) is 67.0 Å². The van der Waals surface area contributed by atoms with Crippen LogP contribution in [0.5, 0.6) is 0 Å². The first-order chi connectivity index (χ1) is 16.5. The molecule has 11 heteroatoms. The molecule has 2 unspecified atom stereocenters. The minimum Gasteiger partial charge on any atom is -0.373 e. The van der Waals surface area contributed by atoms with Crippen LogP contribution in [0.4, 0.5) is 13.2 Å². The molecule has 4 fully saturated rings. The van der Waals surface area contributed by atoms with Crippen molar-refractivity contribution in [2.45, 2.75) is 62.6 Å². The fourth-order valence-electron chi connectivity index (χ4n) is 6.05. The van der Waals surface area contributed by atoms with Crippen molar-refractivity contribution in [2.75, 3.05) is 6.61 Å². The number of pyridine rings is 1. The summed E-state index contributed by atoms with van der Waals surface area (Å²) < 4.78 is 48.0. The minimum absolute atomic E-state index is 0.0290. The zero-order valence-corrected chi connectivity index (χ0v) is 19.3. The van der Waals surface area contributed by atoms with Gasteiger partial charge in [-0.05, 0) is 50.7 Å². The van der Waals surface area contributed by atoms with Gasteiger partial charge in [-0.1, -0.05) is 0 Å². The molecule has 2 atom stereocenters. The standard InChI is InChI=1S/C24H24F3N5O3/c1-12-29-17-18(21(34)32(12)2)30-20(31-19(17)22-9-23(10-22,11-22)24(25,26)27)13-5-6-35-15(7-13)14-3-4-16(33)28-8-14/h3-4,8,13,15H,5-7,9-11H2,1-2H3,(H,28,33). The largest absolute Gasteiger partial charge is 0.394 e. The van der Waals surface area contributed by atoms with E-state index in [1.807, 2.05) is 0 Å². The Bertz CT molecular complexity index is 1440. The van der Waals surface area contributed by atoms with Crippen LogP contribution in [0.15, 0.2) is 27.9 Å². The first-order valence-electron chi connectivity index (χ1n) is 11.6. The average molecular weight is 487 g/mol. The fourth-order valence-corrected chi connectivity index (χ4v) is 6.05. The normalized spacial score (nSPS) is 30.1. The van der Waals surface area contributed by atoms with Crippen LogP contribution in [0.25, 0.3) is 11.0 Å². The van der Waals surface area contributed by atoms with Crippen LogP contribution in [0.3, 0.4) is 0 Å². The highest BCUT2D eigenvalue weighted by Crippen LogP contribution is 2.78. The molecule has 1 saturated heterocycles. The van der Waals surface area contributed by atoms with E-state index in [0.717, 1.165) is 5.56 Å². The van der Waals surface area contributed by atoms with Gasteiger partial charge in [-0.15, -0.1) is 0 Å². The highest BCUT2D eigenvalue weighted by atomic mass is 19.4. The number of ether oxygens (including phenoxy) is 1. The molecule has 0 radical (unpaired) electrons. The van der Waals surface area contributed by atoms with Gasteiger partial charge in [-0.3, -0.25) is 14.2 Å². The van der Waals surface area contributed by atoms with Crippen molar-refractivity contribution < 1.29 is 17.9 Å². The number of alkyl halides is 3. The summed E-state index contributed by atoms with van der Waals surface area (Å²) in [5.74, 6) is 0.749. The number of fused-ring (bicyclic) bond motifs is 1. The number of aromatic nitrogens is 5. The molecule has 8 nitrogen and oxygen atoms in total. The highest BCUT2D eigenvalue weighted by Gasteiger charge is 2.79. The summed E-state index contributed by atoms with van der Waals surface area (Å²) in [6.07, 6.45) is -1.88. The third-order valence-corrected chi connectivity index (χ3v) is 8.13. The van der Waals surface area contributed by atoms with E-state index >= 15 is 0 Å². The van der Waals surface area contributed by atoms with Crippen LogP contribution >= 0.6 is 0 Å². The minimum atomic E-state index is -4.25. The number of aromatic amines is 1. The van der Waals surface area contributed by atoms with Crippen molar-refractivity contribution in [3.05, 3.63) is 61.9 Å². The first-order valence-corrected chi connectivity index (χ1v) is 11.6. The zero-order valence-electron chi connectivity index (χ0n) is 19.3. The van der Waals surface area contributed by atoms with Crippen LogP contribution in [0, 0.1) is 12.3 Å². The summed E-state index contributed by atoms with van der Waals surface area (Å²) in [5.41, 5.74) is -1.17. The zero-order chi connectivity index (χ0) is 24.8. The number of hydrogen-bond donors (Lipinski definition) is 1. The van der Waals surface area contributed by atoms with Crippen molar-refractivity contribution in [1.82, 2.24) is 24.5 Å². The van der Waals surface area contributed by atoms with E-state index in [-0.39, 0.29) is 47.9 Å². The molecule has 2 bridgehead atoms. The van der Waals surface area contributed by atoms with Gasteiger partial charge in [0, 0.05) is 37.3 Å². The predicted octanol–water partition coefficient (Wildman–Crippen LogP) is 3.34. The number of rotatable bonds is 3. The van der Waals surface area contributed by atoms with E-state index < -0.39 is 17.0 Å². The molecule has 3 aromatic rings. The summed E-state index contributed by atoms with van der Waals surface area (Å²) in [5, 5.41) is 0. The predicted molar refractivity (Wildman–Crippen MR) is 119 cm³/mol. The Morgan fingerprint density at radius 3 is 2.51 bits per heavy atom. The molecule has 4 heterocycles. The van der Waals surface area contributed by atoms with Gasteiger partial charge < -0.3 is 9.72 Å². The van der Waals surface area contributed by atoms with Gasteiger partial charge in [0.25, 0.3) is 5.56 Å². The third kappa shape index (κ3) is 3.20. The van der Waals surface area contributed by atoms with Gasteiger partial charge >= 0.3 is 6.18 Å². The number of nitrogens with one attached hydrogen (secondary N) is 1. The summed E-state index contributed by atoms with van der Waals surface area (Å²) in [4.78, 5) is 41.2. The van der Waals surface area contributed by atoms with E-state index in [1.165, 1.54) is 10.6 Å². The molecular weight excluding hydrogens is 463 g/mol. The van der Waals surface area contributed by atoms with Gasteiger partial charge in [0.05, 0.1) is 17.2 Å².